The van der Waals surface area contributed by atoms with E-state index in [4.69, 9.17) is 11.6 Å². The highest BCUT2D eigenvalue weighted by atomic mass is 35.5. The molecule has 7 nitrogen and oxygen atoms in total. The van der Waals surface area contributed by atoms with Crippen LogP contribution < -0.4 is 10.0 Å². The third kappa shape index (κ3) is 4.44. The largest absolute Gasteiger partial charge is 0.296 e. The summed E-state index contributed by atoms with van der Waals surface area (Å²) in [6, 6.07) is 15.6. The van der Waals surface area contributed by atoms with Gasteiger partial charge in [0.1, 0.15) is 0 Å². The zero-order chi connectivity index (χ0) is 18.6. The van der Waals surface area contributed by atoms with Crippen molar-refractivity contribution in [2.75, 3.05) is 5.32 Å². The highest BCUT2D eigenvalue weighted by Crippen LogP contribution is 2.22. The molecule has 0 aliphatic carbocycles. The number of rotatable bonds is 6. The lowest BCUT2D eigenvalue weighted by atomic mass is 10.2. The minimum atomic E-state index is -3.83. The molecule has 10 heteroatoms. The fourth-order valence-corrected chi connectivity index (χ4v) is 4.19. The van der Waals surface area contributed by atoms with Gasteiger partial charge in [-0.1, -0.05) is 65.4 Å². The maximum absolute atomic E-state index is 12.3. The van der Waals surface area contributed by atoms with E-state index in [-0.39, 0.29) is 26.6 Å². The molecule has 1 heterocycles. The number of hydrogen-bond acceptors (Lipinski definition) is 6. The molecule has 0 aliphatic rings. The Balaban J connectivity index is 1.69. The first-order chi connectivity index (χ1) is 12.5. The fraction of sp³-hybridized carbons (Fsp3) is 0.0625. The number of sulfonamides is 1. The summed E-state index contributed by atoms with van der Waals surface area (Å²) in [5, 5.41) is 10.2. The summed E-state index contributed by atoms with van der Waals surface area (Å²) in [7, 11) is -3.83. The Labute approximate surface area is 159 Å². The van der Waals surface area contributed by atoms with Crippen molar-refractivity contribution in [1.82, 2.24) is 14.9 Å². The highest BCUT2D eigenvalue weighted by Gasteiger charge is 2.21. The van der Waals surface area contributed by atoms with Crippen LogP contribution in [0.25, 0.3) is 0 Å². The summed E-state index contributed by atoms with van der Waals surface area (Å²) < 4.78 is 26.8. The van der Waals surface area contributed by atoms with Crippen molar-refractivity contribution >= 4 is 44.0 Å². The zero-order valence-corrected chi connectivity index (χ0v) is 15.6. The molecule has 3 aromatic rings. The van der Waals surface area contributed by atoms with Crippen LogP contribution in [0.15, 0.2) is 58.9 Å². The molecule has 2 aromatic carbocycles. The number of halogens is 1. The molecule has 0 saturated heterocycles. The number of benzene rings is 2. The van der Waals surface area contributed by atoms with Crippen molar-refractivity contribution in [3.05, 3.63) is 70.7 Å². The van der Waals surface area contributed by atoms with E-state index in [1.165, 1.54) is 0 Å². The van der Waals surface area contributed by atoms with Gasteiger partial charge in [-0.3, -0.25) is 10.1 Å². The Morgan fingerprint density at radius 2 is 1.73 bits per heavy atom. The monoisotopic (exact) mass is 408 g/mol. The molecule has 0 saturated carbocycles. The summed E-state index contributed by atoms with van der Waals surface area (Å²) in [6.07, 6.45) is 0. The SMILES string of the molecule is O=C(Nc1nnc(S(=O)(=O)NCc2ccccc2)s1)c1ccccc1Cl. The van der Waals surface area contributed by atoms with Gasteiger partial charge in [-0.05, 0) is 17.7 Å². The standard InChI is InChI=1S/C16H13ClN4O3S2/c17-13-9-5-4-8-12(13)14(22)19-15-20-21-16(25-15)26(23,24)18-10-11-6-2-1-3-7-11/h1-9,18H,10H2,(H,19,20,22). The third-order valence-electron chi connectivity index (χ3n) is 3.28. The second kappa shape index (κ2) is 7.92. The van der Waals surface area contributed by atoms with Gasteiger partial charge in [-0.15, -0.1) is 10.2 Å². The lowest BCUT2D eigenvalue weighted by Gasteiger charge is -2.03. The average molecular weight is 409 g/mol. The zero-order valence-electron chi connectivity index (χ0n) is 13.2. The summed E-state index contributed by atoms with van der Waals surface area (Å²) in [6.45, 7) is 0.129. The smallest absolute Gasteiger partial charge is 0.270 e. The van der Waals surface area contributed by atoms with Crippen LogP contribution in [0, 0.1) is 0 Å². The number of amides is 1. The topological polar surface area (TPSA) is 101 Å². The van der Waals surface area contributed by atoms with Gasteiger partial charge in [0.15, 0.2) is 0 Å². The van der Waals surface area contributed by atoms with Gasteiger partial charge in [-0.25, -0.2) is 13.1 Å². The number of hydrogen-bond donors (Lipinski definition) is 2. The van der Waals surface area contributed by atoms with Crippen LogP contribution >= 0.6 is 22.9 Å². The van der Waals surface area contributed by atoms with Crippen LogP contribution in [0.3, 0.4) is 0 Å². The predicted octanol–water partition coefficient (Wildman–Crippen LogP) is 2.92. The van der Waals surface area contributed by atoms with Crippen molar-refractivity contribution in [2.45, 2.75) is 10.9 Å². The van der Waals surface area contributed by atoms with Gasteiger partial charge in [0.25, 0.3) is 15.9 Å². The molecule has 0 unspecified atom stereocenters. The van der Waals surface area contributed by atoms with E-state index >= 15 is 0 Å². The molecule has 2 N–H and O–H groups in total. The van der Waals surface area contributed by atoms with Crippen LogP contribution in [0.5, 0.6) is 0 Å². The summed E-state index contributed by atoms with van der Waals surface area (Å²) in [4.78, 5) is 12.2. The number of nitrogens with zero attached hydrogens (tertiary/aromatic N) is 2. The lowest BCUT2D eigenvalue weighted by molar-refractivity contribution is 0.102. The molecule has 0 aliphatic heterocycles. The first-order valence-corrected chi connectivity index (χ1v) is 10.1. The second-order valence-corrected chi connectivity index (χ2v) is 8.44. The van der Waals surface area contributed by atoms with Crippen molar-refractivity contribution in [2.24, 2.45) is 0 Å². The maximum atomic E-state index is 12.3. The van der Waals surface area contributed by atoms with E-state index in [9.17, 15) is 13.2 Å². The molecule has 134 valence electrons. The summed E-state index contributed by atoms with van der Waals surface area (Å²) in [5.41, 5.74) is 1.07. The van der Waals surface area contributed by atoms with Crippen LogP contribution in [0.4, 0.5) is 5.13 Å². The van der Waals surface area contributed by atoms with Crippen molar-refractivity contribution in [3.63, 3.8) is 0 Å². The molecular weight excluding hydrogens is 396 g/mol. The average Bonchev–Trinajstić information content (AvgIpc) is 3.11. The Kier molecular flexibility index (Phi) is 5.62. The minimum Gasteiger partial charge on any atom is -0.296 e. The molecule has 26 heavy (non-hydrogen) atoms. The summed E-state index contributed by atoms with van der Waals surface area (Å²) in [5.74, 6) is -0.493. The Hall–Kier alpha value is -2.33. The number of nitrogens with one attached hydrogen (secondary N) is 2. The number of carbonyl (C=O) groups excluding carboxylic acids is 1. The van der Waals surface area contributed by atoms with Gasteiger partial charge in [0.2, 0.25) is 9.47 Å². The van der Waals surface area contributed by atoms with Gasteiger partial charge in [0, 0.05) is 6.54 Å². The van der Waals surface area contributed by atoms with Crippen LogP contribution in [-0.2, 0) is 16.6 Å². The second-order valence-electron chi connectivity index (χ2n) is 5.12. The molecule has 1 amide bonds. The third-order valence-corrected chi connectivity index (χ3v) is 6.22. The highest BCUT2D eigenvalue weighted by molar-refractivity contribution is 7.91. The van der Waals surface area contributed by atoms with Gasteiger partial charge in [0.05, 0.1) is 10.6 Å². The normalized spacial score (nSPS) is 11.3. The minimum absolute atomic E-state index is 0.0648. The first kappa shape index (κ1) is 18.5. The Bertz CT molecular complexity index is 1020. The molecule has 0 atom stereocenters. The molecule has 0 radical (unpaired) electrons. The van der Waals surface area contributed by atoms with Crippen molar-refractivity contribution in [3.8, 4) is 0 Å². The molecular formula is C16H13ClN4O3S2. The fourth-order valence-electron chi connectivity index (χ4n) is 2.01. The first-order valence-electron chi connectivity index (χ1n) is 7.39. The lowest BCUT2D eigenvalue weighted by Crippen LogP contribution is -2.23. The Morgan fingerprint density at radius 1 is 1.04 bits per heavy atom. The Morgan fingerprint density at radius 3 is 2.46 bits per heavy atom. The molecule has 3 rings (SSSR count). The van der Waals surface area contributed by atoms with E-state index in [1.807, 2.05) is 18.2 Å². The van der Waals surface area contributed by atoms with Crippen LogP contribution in [-0.4, -0.2) is 24.5 Å². The molecule has 0 fully saturated rings. The predicted molar refractivity (Wildman–Crippen MR) is 99.8 cm³/mol. The van der Waals surface area contributed by atoms with E-state index in [2.05, 4.69) is 20.2 Å². The summed E-state index contributed by atoms with van der Waals surface area (Å²) >= 11 is 6.72. The molecule has 0 bridgehead atoms. The van der Waals surface area contributed by atoms with Crippen molar-refractivity contribution in [1.29, 1.82) is 0 Å². The number of carbonyl (C=O) groups is 1. The van der Waals surface area contributed by atoms with Crippen molar-refractivity contribution < 1.29 is 13.2 Å². The van der Waals surface area contributed by atoms with Crippen LogP contribution in [0.1, 0.15) is 15.9 Å². The van der Waals surface area contributed by atoms with Gasteiger partial charge in [-0.2, -0.15) is 0 Å². The van der Waals surface area contributed by atoms with Gasteiger partial charge >= 0.3 is 0 Å². The van der Waals surface area contributed by atoms with Gasteiger partial charge < -0.3 is 0 Å². The quantitative estimate of drug-likeness (QED) is 0.610. The molecule has 0 spiro atoms. The number of anilines is 1. The maximum Gasteiger partial charge on any atom is 0.270 e. The van der Waals surface area contributed by atoms with E-state index in [0.29, 0.717) is 0 Å². The molecule has 1 aromatic heterocycles. The van der Waals surface area contributed by atoms with E-state index < -0.39 is 15.9 Å². The van der Waals surface area contributed by atoms with Crippen LogP contribution in [0.2, 0.25) is 5.02 Å². The van der Waals surface area contributed by atoms with E-state index in [0.717, 1.165) is 16.9 Å². The number of aromatic nitrogens is 2. The van der Waals surface area contributed by atoms with E-state index in [1.54, 1.807) is 36.4 Å².